The van der Waals surface area contributed by atoms with E-state index in [1.807, 2.05) is 5.32 Å². The molecule has 0 spiro atoms. The molecule has 1 aliphatic heterocycles. The summed E-state index contributed by atoms with van der Waals surface area (Å²) in [6, 6.07) is 0. The third kappa shape index (κ3) is 2.20. The van der Waals surface area contributed by atoms with Gasteiger partial charge in [-0.15, -0.1) is 12.4 Å². The number of rotatable bonds is 1. The summed E-state index contributed by atoms with van der Waals surface area (Å²) in [7, 11) is 0. The first-order chi connectivity index (χ1) is 5.11. The number of nitrogens with one attached hydrogen (secondary N) is 1. The SMILES string of the molecule is Cl.O=C1CCC(C(=O)O)C(=O)N1. The number of amides is 2. The van der Waals surface area contributed by atoms with Crippen LogP contribution in [0.3, 0.4) is 0 Å². The quantitative estimate of drug-likeness (QED) is 0.436. The number of carbonyl (C=O) groups is 3. The average Bonchev–Trinajstić information content (AvgIpc) is 1.85. The Labute approximate surface area is 74.5 Å². The minimum atomic E-state index is -1.17. The zero-order valence-electron chi connectivity index (χ0n) is 6.07. The summed E-state index contributed by atoms with van der Waals surface area (Å²) in [5, 5.41) is 10.4. The molecule has 0 aromatic heterocycles. The summed E-state index contributed by atoms with van der Waals surface area (Å²) in [5.41, 5.74) is 0. The number of carboxylic acids is 1. The van der Waals surface area contributed by atoms with E-state index in [-0.39, 0.29) is 25.2 Å². The molecule has 2 N–H and O–H groups in total. The van der Waals surface area contributed by atoms with E-state index in [0.29, 0.717) is 0 Å². The van der Waals surface area contributed by atoms with Crippen LogP contribution in [-0.4, -0.2) is 22.9 Å². The number of hydrogen-bond donors (Lipinski definition) is 2. The number of aliphatic carboxylic acids is 1. The molecule has 5 nitrogen and oxygen atoms in total. The predicted octanol–water partition coefficient (Wildman–Crippen LogP) is -0.454. The first-order valence-electron chi connectivity index (χ1n) is 3.18. The Kier molecular flexibility index (Phi) is 3.69. The molecule has 0 radical (unpaired) electrons. The monoisotopic (exact) mass is 193 g/mol. The van der Waals surface area contributed by atoms with Crippen LogP contribution < -0.4 is 5.32 Å². The van der Waals surface area contributed by atoms with Gasteiger partial charge >= 0.3 is 5.97 Å². The Morgan fingerprint density at radius 1 is 1.50 bits per heavy atom. The molecule has 1 heterocycles. The lowest BCUT2D eigenvalue weighted by Gasteiger charge is -2.16. The van der Waals surface area contributed by atoms with Gasteiger partial charge in [-0.3, -0.25) is 19.7 Å². The van der Waals surface area contributed by atoms with E-state index < -0.39 is 23.7 Å². The molecule has 6 heteroatoms. The molecule has 1 rings (SSSR count). The van der Waals surface area contributed by atoms with Gasteiger partial charge < -0.3 is 5.11 Å². The fraction of sp³-hybridized carbons (Fsp3) is 0.500. The Hall–Kier alpha value is -1.10. The molecule has 0 bridgehead atoms. The normalized spacial score (nSPS) is 22.5. The van der Waals surface area contributed by atoms with Crippen molar-refractivity contribution in [2.24, 2.45) is 5.92 Å². The fourth-order valence-corrected chi connectivity index (χ4v) is 0.929. The van der Waals surface area contributed by atoms with Gasteiger partial charge in [0.05, 0.1) is 0 Å². The number of halogens is 1. The zero-order chi connectivity index (χ0) is 8.43. The van der Waals surface area contributed by atoms with Crippen molar-refractivity contribution < 1.29 is 19.5 Å². The largest absolute Gasteiger partial charge is 0.481 e. The van der Waals surface area contributed by atoms with Crippen molar-refractivity contribution in [2.75, 3.05) is 0 Å². The van der Waals surface area contributed by atoms with Crippen LogP contribution in [0.1, 0.15) is 12.8 Å². The van der Waals surface area contributed by atoms with E-state index in [0.717, 1.165) is 0 Å². The Morgan fingerprint density at radius 2 is 2.08 bits per heavy atom. The minimum absolute atomic E-state index is 0. The second kappa shape index (κ2) is 4.06. The molecular formula is C6H8ClNO4. The molecular weight excluding hydrogens is 186 g/mol. The second-order valence-corrected chi connectivity index (χ2v) is 2.34. The standard InChI is InChI=1S/C6H7NO4.ClH/c8-4-2-1-3(6(10)11)5(9)7-4;/h3H,1-2H2,(H,10,11)(H,7,8,9);1H. The molecule has 12 heavy (non-hydrogen) atoms. The molecule has 0 aromatic rings. The number of piperidine rings is 1. The van der Waals surface area contributed by atoms with Crippen molar-refractivity contribution in [3.8, 4) is 0 Å². The number of hydrogen-bond acceptors (Lipinski definition) is 3. The summed E-state index contributed by atoms with van der Waals surface area (Å²) in [6.07, 6.45) is 0.225. The van der Waals surface area contributed by atoms with Crippen molar-refractivity contribution in [1.82, 2.24) is 5.32 Å². The van der Waals surface area contributed by atoms with Gasteiger partial charge in [0.25, 0.3) is 0 Å². The van der Waals surface area contributed by atoms with Gasteiger partial charge in [0, 0.05) is 6.42 Å². The van der Waals surface area contributed by atoms with Gasteiger partial charge in [0.2, 0.25) is 11.8 Å². The maximum atomic E-state index is 10.7. The second-order valence-electron chi connectivity index (χ2n) is 2.34. The molecule has 1 saturated heterocycles. The molecule has 0 aliphatic carbocycles. The summed E-state index contributed by atoms with van der Waals surface area (Å²) < 4.78 is 0. The highest BCUT2D eigenvalue weighted by Gasteiger charge is 2.31. The first-order valence-corrected chi connectivity index (χ1v) is 3.18. The van der Waals surface area contributed by atoms with Crippen LogP contribution >= 0.6 is 12.4 Å². The van der Waals surface area contributed by atoms with E-state index in [9.17, 15) is 14.4 Å². The molecule has 68 valence electrons. The highest BCUT2D eigenvalue weighted by Crippen LogP contribution is 2.11. The van der Waals surface area contributed by atoms with E-state index in [2.05, 4.69) is 0 Å². The van der Waals surface area contributed by atoms with Gasteiger partial charge in [0.15, 0.2) is 0 Å². The van der Waals surface area contributed by atoms with Crippen LogP contribution in [0.2, 0.25) is 0 Å². The van der Waals surface area contributed by atoms with Crippen molar-refractivity contribution in [3.05, 3.63) is 0 Å². The third-order valence-corrected chi connectivity index (χ3v) is 1.54. The summed E-state index contributed by atoms with van der Waals surface area (Å²) >= 11 is 0. The van der Waals surface area contributed by atoms with Gasteiger partial charge in [-0.2, -0.15) is 0 Å². The summed E-state index contributed by atoms with van der Waals surface area (Å²) in [6.45, 7) is 0. The molecule has 0 saturated carbocycles. The topological polar surface area (TPSA) is 83.5 Å². The third-order valence-electron chi connectivity index (χ3n) is 1.54. The highest BCUT2D eigenvalue weighted by atomic mass is 35.5. The lowest BCUT2D eigenvalue weighted by atomic mass is 9.99. The fourth-order valence-electron chi connectivity index (χ4n) is 0.929. The van der Waals surface area contributed by atoms with E-state index >= 15 is 0 Å². The van der Waals surface area contributed by atoms with Crippen molar-refractivity contribution in [3.63, 3.8) is 0 Å². The van der Waals surface area contributed by atoms with Gasteiger partial charge in [-0.1, -0.05) is 0 Å². The molecule has 1 fully saturated rings. The van der Waals surface area contributed by atoms with Crippen LogP contribution in [-0.2, 0) is 14.4 Å². The van der Waals surface area contributed by atoms with Crippen LogP contribution in [0, 0.1) is 5.92 Å². The van der Waals surface area contributed by atoms with Crippen molar-refractivity contribution in [2.45, 2.75) is 12.8 Å². The van der Waals surface area contributed by atoms with Crippen LogP contribution in [0.15, 0.2) is 0 Å². The summed E-state index contributed by atoms with van der Waals surface area (Å²) in [5.74, 6) is -3.32. The van der Waals surface area contributed by atoms with E-state index in [4.69, 9.17) is 5.11 Å². The lowest BCUT2D eigenvalue weighted by Crippen LogP contribution is -2.43. The zero-order valence-corrected chi connectivity index (χ0v) is 6.89. The maximum Gasteiger partial charge on any atom is 0.316 e. The van der Waals surface area contributed by atoms with Gasteiger partial charge in [-0.25, -0.2) is 0 Å². The Balaban J connectivity index is 0.00000121. The first kappa shape index (κ1) is 10.9. The average molecular weight is 194 g/mol. The van der Waals surface area contributed by atoms with E-state index in [1.54, 1.807) is 0 Å². The number of carbonyl (C=O) groups excluding carboxylic acids is 2. The number of imide groups is 1. The number of carboxylic acid groups (broad SMARTS) is 1. The van der Waals surface area contributed by atoms with Gasteiger partial charge in [-0.05, 0) is 6.42 Å². The van der Waals surface area contributed by atoms with E-state index in [1.165, 1.54) is 0 Å². The van der Waals surface area contributed by atoms with Gasteiger partial charge in [0.1, 0.15) is 5.92 Å². The molecule has 1 atom stereocenters. The summed E-state index contributed by atoms with van der Waals surface area (Å²) in [4.78, 5) is 31.5. The molecule has 1 unspecified atom stereocenters. The van der Waals surface area contributed by atoms with Crippen molar-refractivity contribution in [1.29, 1.82) is 0 Å². The van der Waals surface area contributed by atoms with Crippen LogP contribution in [0.4, 0.5) is 0 Å². The molecule has 1 aliphatic rings. The maximum absolute atomic E-state index is 10.7. The van der Waals surface area contributed by atoms with Crippen LogP contribution in [0.5, 0.6) is 0 Å². The van der Waals surface area contributed by atoms with Crippen molar-refractivity contribution >= 4 is 30.2 Å². The lowest BCUT2D eigenvalue weighted by molar-refractivity contribution is -0.150. The smallest absolute Gasteiger partial charge is 0.316 e. The Bertz CT molecular complexity index is 228. The minimum Gasteiger partial charge on any atom is -0.481 e. The predicted molar refractivity (Wildman–Crippen MR) is 40.8 cm³/mol. The molecule has 0 aromatic carbocycles. The highest BCUT2D eigenvalue weighted by molar-refractivity contribution is 6.06. The van der Waals surface area contributed by atoms with Crippen LogP contribution in [0.25, 0.3) is 0 Å². The Morgan fingerprint density at radius 3 is 2.50 bits per heavy atom. The molecule has 2 amide bonds.